The molecule has 1 aromatic rings. The molecule has 4 nitrogen and oxygen atoms in total. The quantitative estimate of drug-likeness (QED) is 0.555. The molecule has 0 aromatic heterocycles. The summed E-state index contributed by atoms with van der Waals surface area (Å²) < 4.78 is 22.6. The second kappa shape index (κ2) is 6.70. The Morgan fingerprint density at radius 3 is 2.06 bits per heavy atom. The van der Waals surface area contributed by atoms with Crippen LogP contribution >= 0.6 is 7.60 Å². The van der Waals surface area contributed by atoms with Crippen LogP contribution in [0.3, 0.4) is 0 Å². The third-order valence-electron chi connectivity index (χ3n) is 2.14. The zero-order valence-corrected chi connectivity index (χ0v) is 11.0. The molecule has 0 spiro atoms. The molecule has 0 aliphatic rings. The van der Waals surface area contributed by atoms with Crippen LogP contribution in [-0.2, 0) is 19.8 Å². The zero-order chi connectivity index (χ0) is 12.7. The van der Waals surface area contributed by atoms with Gasteiger partial charge in [-0.1, -0.05) is 24.3 Å². The Balaban J connectivity index is 2.78. The molecule has 0 N–H and O–H groups in total. The van der Waals surface area contributed by atoms with E-state index in [1.54, 1.807) is 38.1 Å². The second-order valence-electron chi connectivity index (χ2n) is 3.46. The van der Waals surface area contributed by atoms with Crippen LogP contribution in [0.4, 0.5) is 0 Å². The fraction of sp³-hybridized carbons (Fsp3) is 0.417. The van der Waals surface area contributed by atoms with Crippen molar-refractivity contribution in [2.24, 2.45) is 0 Å². The molecule has 0 heterocycles. The topological polar surface area (TPSA) is 52.6 Å². The minimum Gasteiger partial charge on any atom is -0.309 e. The van der Waals surface area contributed by atoms with Gasteiger partial charge >= 0.3 is 7.60 Å². The monoisotopic (exact) mass is 256 g/mol. The molecular weight excluding hydrogens is 239 g/mol. The SMILES string of the molecule is CCOP(=O)(Cc1ccc(C=O)cc1)OCC. The molecule has 0 saturated carbocycles. The van der Waals surface area contributed by atoms with E-state index in [1.807, 2.05) is 0 Å². The van der Waals surface area contributed by atoms with E-state index in [2.05, 4.69) is 0 Å². The molecule has 94 valence electrons. The van der Waals surface area contributed by atoms with E-state index in [-0.39, 0.29) is 6.16 Å². The first kappa shape index (κ1) is 14.1. The van der Waals surface area contributed by atoms with Gasteiger partial charge in [0.2, 0.25) is 0 Å². The Labute approximate surface area is 101 Å². The Hall–Kier alpha value is -0.960. The van der Waals surface area contributed by atoms with Crippen molar-refractivity contribution in [1.82, 2.24) is 0 Å². The van der Waals surface area contributed by atoms with Gasteiger partial charge in [0, 0.05) is 5.56 Å². The maximum Gasteiger partial charge on any atom is 0.335 e. The van der Waals surface area contributed by atoms with Crippen molar-refractivity contribution in [1.29, 1.82) is 0 Å². The molecule has 5 heteroatoms. The van der Waals surface area contributed by atoms with E-state index < -0.39 is 7.60 Å². The number of hydrogen-bond donors (Lipinski definition) is 0. The fourth-order valence-electron chi connectivity index (χ4n) is 1.45. The lowest BCUT2D eigenvalue weighted by Gasteiger charge is -2.16. The summed E-state index contributed by atoms with van der Waals surface area (Å²) in [6.45, 7) is 4.26. The highest BCUT2D eigenvalue weighted by atomic mass is 31.2. The lowest BCUT2D eigenvalue weighted by atomic mass is 10.2. The maximum atomic E-state index is 12.2. The van der Waals surface area contributed by atoms with E-state index in [1.165, 1.54) is 0 Å². The molecule has 0 unspecified atom stereocenters. The van der Waals surface area contributed by atoms with Gasteiger partial charge in [0.05, 0.1) is 19.4 Å². The van der Waals surface area contributed by atoms with Crippen LogP contribution in [0.15, 0.2) is 24.3 Å². The Kier molecular flexibility index (Phi) is 5.56. The van der Waals surface area contributed by atoms with Crippen LogP contribution in [0.2, 0.25) is 0 Å². The van der Waals surface area contributed by atoms with Crippen molar-refractivity contribution in [3.8, 4) is 0 Å². The molecule has 0 bridgehead atoms. The molecule has 0 saturated heterocycles. The molecular formula is C12H17O4P. The average Bonchev–Trinajstić information content (AvgIpc) is 2.30. The van der Waals surface area contributed by atoms with Gasteiger partial charge in [-0.15, -0.1) is 0 Å². The summed E-state index contributed by atoms with van der Waals surface area (Å²) in [4.78, 5) is 10.5. The minimum atomic E-state index is -3.05. The van der Waals surface area contributed by atoms with E-state index in [0.29, 0.717) is 18.8 Å². The molecule has 0 aliphatic carbocycles. The van der Waals surface area contributed by atoms with Gasteiger partial charge in [0.15, 0.2) is 0 Å². The molecule has 0 fully saturated rings. The maximum absolute atomic E-state index is 12.2. The summed E-state index contributed by atoms with van der Waals surface area (Å²) in [7, 11) is -3.05. The number of aldehydes is 1. The predicted molar refractivity (Wildman–Crippen MR) is 66.4 cm³/mol. The Morgan fingerprint density at radius 2 is 1.65 bits per heavy atom. The average molecular weight is 256 g/mol. The Bertz CT molecular complexity index is 389. The van der Waals surface area contributed by atoms with Gasteiger partial charge in [-0.2, -0.15) is 0 Å². The first-order chi connectivity index (χ1) is 8.13. The highest BCUT2D eigenvalue weighted by Crippen LogP contribution is 2.51. The number of carbonyl (C=O) groups excluding carboxylic acids is 1. The summed E-state index contributed by atoms with van der Waals surface area (Å²) in [6, 6.07) is 6.89. The van der Waals surface area contributed by atoms with Crippen LogP contribution < -0.4 is 0 Å². The predicted octanol–water partition coefficient (Wildman–Crippen LogP) is 3.27. The van der Waals surface area contributed by atoms with Crippen molar-refractivity contribution in [3.63, 3.8) is 0 Å². The van der Waals surface area contributed by atoms with Crippen LogP contribution in [0.5, 0.6) is 0 Å². The third-order valence-corrected chi connectivity index (χ3v) is 4.20. The van der Waals surface area contributed by atoms with Crippen LogP contribution in [-0.4, -0.2) is 19.5 Å². The molecule has 0 radical (unpaired) electrons. The number of benzene rings is 1. The zero-order valence-electron chi connectivity index (χ0n) is 10.1. The Morgan fingerprint density at radius 1 is 1.12 bits per heavy atom. The first-order valence-electron chi connectivity index (χ1n) is 5.55. The molecule has 1 aromatic carbocycles. The number of carbonyl (C=O) groups is 1. The van der Waals surface area contributed by atoms with E-state index in [9.17, 15) is 9.36 Å². The summed E-state index contributed by atoms with van der Waals surface area (Å²) in [5.41, 5.74) is 1.43. The molecule has 0 amide bonds. The summed E-state index contributed by atoms with van der Waals surface area (Å²) in [5.74, 6) is 0. The van der Waals surface area contributed by atoms with Crippen LogP contribution in [0.25, 0.3) is 0 Å². The van der Waals surface area contributed by atoms with Crippen molar-refractivity contribution in [2.75, 3.05) is 13.2 Å². The van der Waals surface area contributed by atoms with Crippen LogP contribution in [0, 0.1) is 0 Å². The fourth-order valence-corrected chi connectivity index (χ4v) is 3.15. The van der Waals surface area contributed by atoms with Gasteiger partial charge in [0.1, 0.15) is 6.29 Å². The molecule has 1 rings (SSSR count). The van der Waals surface area contributed by atoms with E-state index >= 15 is 0 Å². The number of rotatable bonds is 7. The van der Waals surface area contributed by atoms with Gasteiger partial charge in [-0.25, -0.2) is 0 Å². The van der Waals surface area contributed by atoms with Gasteiger partial charge in [0.25, 0.3) is 0 Å². The highest BCUT2D eigenvalue weighted by molar-refractivity contribution is 7.53. The van der Waals surface area contributed by atoms with E-state index in [4.69, 9.17) is 9.05 Å². The van der Waals surface area contributed by atoms with Crippen LogP contribution in [0.1, 0.15) is 29.8 Å². The lowest BCUT2D eigenvalue weighted by Crippen LogP contribution is -1.99. The van der Waals surface area contributed by atoms with Gasteiger partial charge in [-0.05, 0) is 19.4 Å². The highest BCUT2D eigenvalue weighted by Gasteiger charge is 2.23. The number of hydrogen-bond acceptors (Lipinski definition) is 4. The molecule has 0 atom stereocenters. The molecule has 0 aliphatic heterocycles. The smallest absolute Gasteiger partial charge is 0.309 e. The molecule has 17 heavy (non-hydrogen) atoms. The third kappa shape index (κ3) is 4.43. The largest absolute Gasteiger partial charge is 0.335 e. The minimum absolute atomic E-state index is 0.230. The first-order valence-corrected chi connectivity index (χ1v) is 7.28. The van der Waals surface area contributed by atoms with Crippen molar-refractivity contribution in [3.05, 3.63) is 35.4 Å². The van der Waals surface area contributed by atoms with Crippen molar-refractivity contribution < 1.29 is 18.4 Å². The lowest BCUT2D eigenvalue weighted by molar-refractivity contribution is 0.112. The van der Waals surface area contributed by atoms with E-state index in [0.717, 1.165) is 11.8 Å². The summed E-state index contributed by atoms with van der Waals surface area (Å²) in [5, 5.41) is 0. The normalized spacial score (nSPS) is 11.4. The standard InChI is InChI=1S/C12H17O4P/c1-3-15-17(14,16-4-2)10-12-7-5-11(9-13)6-8-12/h5-9H,3-4,10H2,1-2H3. The second-order valence-corrected chi connectivity index (χ2v) is 5.52. The van der Waals surface area contributed by atoms with Gasteiger partial charge < -0.3 is 9.05 Å². The summed E-state index contributed by atoms with van der Waals surface area (Å²) >= 11 is 0. The van der Waals surface area contributed by atoms with Gasteiger partial charge in [-0.3, -0.25) is 9.36 Å². The van der Waals surface area contributed by atoms with Crippen molar-refractivity contribution in [2.45, 2.75) is 20.0 Å². The van der Waals surface area contributed by atoms with Crippen molar-refractivity contribution >= 4 is 13.9 Å². The summed E-state index contributed by atoms with van der Waals surface area (Å²) in [6.07, 6.45) is 1.00.